The minimum absolute atomic E-state index is 0.0926. The molecule has 0 N–H and O–H groups in total. The fourth-order valence-electron chi connectivity index (χ4n) is 5.91. The summed E-state index contributed by atoms with van der Waals surface area (Å²) in [4.78, 5) is 27.9. The van der Waals surface area contributed by atoms with Gasteiger partial charge in [0, 0.05) is 28.4 Å². The maximum Gasteiger partial charge on any atom is 0.283 e. The van der Waals surface area contributed by atoms with Crippen LogP contribution in [0.3, 0.4) is 0 Å². The number of hydrazine groups is 1. The Hall–Kier alpha value is -5.62. The van der Waals surface area contributed by atoms with Crippen molar-refractivity contribution < 1.29 is 14.3 Å². The number of nitrogens with zero attached hydrogens (tertiary/aromatic N) is 3. The molecular weight excluding hydrogens is 534 g/mol. The molecule has 0 radical (unpaired) electrons. The molecule has 0 spiro atoms. The normalized spacial score (nSPS) is 15.6. The van der Waals surface area contributed by atoms with Crippen molar-refractivity contribution in [1.29, 1.82) is 0 Å². The predicted octanol–water partition coefficient (Wildman–Crippen LogP) is 7.94. The minimum atomic E-state index is -0.390. The molecule has 1 saturated heterocycles. The number of allylic oxidation sites excluding steroid dienone is 5. The van der Waals surface area contributed by atoms with Crippen LogP contribution in [0.25, 0.3) is 27.9 Å². The molecule has 7 rings (SSSR count). The topological polar surface area (TPSA) is 54.8 Å². The second-order valence-electron chi connectivity index (χ2n) is 10.5. The third kappa shape index (κ3) is 4.53. The number of carbonyl (C=O) groups is 2. The number of hydrogen-bond donors (Lipinski definition) is 0. The Morgan fingerprint density at radius 1 is 0.674 bits per heavy atom. The van der Waals surface area contributed by atoms with E-state index < -0.39 is 11.8 Å². The monoisotopic (exact) mass is 563 g/mol. The minimum Gasteiger partial charge on any atom is -0.462 e. The summed E-state index contributed by atoms with van der Waals surface area (Å²) in [5.74, 6) is 0.358. The summed E-state index contributed by atoms with van der Waals surface area (Å²) in [7, 11) is 0. The molecule has 0 bridgehead atoms. The number of hydrogen-bond acceptors (Lipinski definition) is 3. The summed E-state index contributed by atoms with van der Waals surface area (Å²) < 4.78 is 8.34. The number of ether oxygens (including phenoxy) is 1. The third-order valence-corrected chi connectivity index (χ3v) is 7.79. The summed E-state index contributed by atoms with van der Waals surface area (Å²) in [6, 6.07) is 33.3. The number of fused-ring (bicyclic) bond motifs is 3. The lowest BCUT2D eigenvalue weighted by Gasteiger charge is -2.27. The number of aromatic nitrogens is 1. The molecule has 43 heavy (non-hydrogen) atoms. The first-order chi connectivity index (χ1) is 21.0. The van der Waals surface area contributed by atoms with Crippen LogP contribution < -0.4 is 10.0 Å². The summed E-state index contributed by atoms with van der Waals surface area (Å²) >= 11 is 0. The van der Waals surface area contributed by atoms with E-state index >= 15 is 0 Å². The quantitative estimate of drug-likeness (QED) is 0.161. The Balaban J connectivity index is 1.28. The van der Waals surface area contributed by atoms with E-state index in [0.29, 0.717) is 28.5 Å². The molecule has 210 valence electrons. The van der Waals surface area contributed by atoms with Gasteiger partial charge in [-0.2, -0.15) is 0 Å². The fraction of sp³-hybridized carbons (Fsp3) is 0.0811. The highest BCUT2D eigenvalue weighted by molar-refractivity contribution is 6.36. The highest BCUT2D eigenvalue weighted by Gasteiger charge is 2.44. The van der Waals surface area contributed by atoms with Gasteiger partial charge in [0.2, 0.25) is 0 Å². The summed E-state index contributed by atoms with van der Waals surface area (Å²) in [5, 5.41) is 5.28. The summed E-state index contributed by atoms with van der Waals surface area (Å²) in [6.45, 7) is 4.87. The molecule has 0 aliphatic carbocycles. The summed E-state index contributed by atoms with van der Waals surface area (Å²) in [6.07, 6.45) is 7.37. The van der Waals surface area contributed by atoms with Gasteiger partial charge in [-0.3, -0.25) is 9.59 Å². The zero-order chi connectivity index (χ0) is 29.5. The van der Waals surface area contributed by atoms with E-state index in [9.17, 15) is 9.59 Å². The maximum absolute atomic E-state index is 13.9. The maximum atomic E-state index is 13.9. The van der Waals surface area contributed by atoms with Crippen molar-refractivity contribution in [3.8, 4) is 0 Å². The molecule has 2 aliphatic rings. The van der Waals surface area contributed by atoms with Gasteiger partial charge in [-0.1, -0.05) is 66.7 Å². The van der Waals surface area contributed by atoms with E-state index in [1.165, 1.54) is 31.8 Å². The molecule has 0 unspecified atom stereocenters. The van der Waals surface area contributed by atoms with E-state index in [-0.39, 0.29) is 5.57 Å². The van der Waals surface area contributed by atoms with Crippen molar-refractivity contribution in [2.75, 3.05) is 10.0 Å². The third-order valence-electron chi connectivity index (χ3n) is 7.79. The first-order valence-electron chi connectivity index (χ1n) is 14.3. The molecule has 2 aliphatic heterocycles. The lowest BCUT2D eigenvalue weighted by atomic mass is 10.0. The van der Waals surface area contributed by atoms with Crippen LogP contribution in [0.15, 0.2) is 144 Å². The SMILES string of the molecule is CCn1c2ccccc2c2cc(/C=C/C3=CC(=C4C(=O)N(c5ccccc5)N(c5ccccc5)C4=O)C=C(C)O3)ccc21. The highest BCUT2D eigenvalue weighted by Crippen LogP contribution is 2.35. The van der Waals surface area contributed by atoms with Crippen molar-refractivity contribution >= 4 is 51.1 Å². The van der Waals surface area contributed by atoms with Crippen LogP contribution in [0, 0.1) is 0 Å². The molecule has 5 aromatic rings. The van der Waals surface area contributed by atoms with Gasteiger partial charge in [-0.15, -0.1) is 0 Å². The standard InChI is InChI=1S/C37H29N3O3/c1-3-38-33-17-11-10-16-31(33)32-23-26(19-21-34(32)38)18-20-30-24-27(22-25(2)43-30)35-36(41)39(28-12-6-4-7-13-28)40(37(35)42)29-14-8-5-9-15-29/h4-24H,3H2,1-2H3/b20-18+. The largest absolute Gasteiger partial charge is 0.462 e. The van der Waals surface area contributed by atoms with Crippen LogP contribution in [0.4, 0.5) is 11.4 Å². The number of benzene rings is 4. The van der Waals surface area contributed by atoms with E-state index in [1.807, 2.05) is 79.7 Å². The predicted molar refractivity (Wildman–Crippen MR) is 172 cm³/mol. The van der Waals surface area contributed by atoms with Crippen molar-refractivity contribution in [2.24, 2.45) is 0 Å². The van der Waals surface area contributed by atoms with Crippen LogP contribution in [-0.4, -0.2) is 16.4 Å². The molecule has 1 fully saturated rings. The number of para-hydroxylation sites is 3. The van der Waals surface area contributed by atoms with Crippen LogP contribution in [0.5, 0.6) is 0 Å². The lowest BCUT2D eigenvalue weighted by Crippen LogP contribution is -2.41. The van der Waals surface area contributed by atoms with Gasteiger partial charge in [0.15, 0.2) is 0 Å². The molecule has 4 aromatic carbocycles. The summed E-state index contributed by atoms with van der Waals surface area (Å²) in [5.41, 5.74) is 5.26. The van der Waals surface area contributed by atoms with E-state index in [2.05, 4.69) is 54.0 Å². The second kappa shape index (κ2) is 10.7. The Morgan fingerprint density at radius 2 is 1.28 bits per heavy atom. The first kappa shape index (κ1) is 26.3. The average molecular weight is 564 g/mol. The van der Waals surface area contributed by atoms with Gasteiger partial charge in [0.25, 0.3) is 11.8 Å². The van der Waals surface area contributed by atoms with Gasteiger partial charge in [-0.25, -0.2) is 10.0 Å². The lowest BCUT2D eigenvalue weighted by molar-refractivity contribution is -0.116. The number of carbonyl (C=O) groups excluding carboxylic acids is 2. The van der Waals surface area contributed by atoms with Gasteiger partial charge in [0.05, 0.1) is 11.4 Å². The zero-order valence-electron chi connectivity index (χ0n) is 23.9. The molecular formula is C37H29N3O3. The van der Waals surface area contributed by atoms with Gasteiger partial charge >= 0.3 is 0 Å². The molecule has 0 saturated carbocycles. The smallest absolute Gasteiger partial charge is 0.283 e. The Bertz CT molecular complexity index is 1970. The van der Waals surface area contributed by atoms with Gasteiger partial charge in [0.1, 0.15) is 17.1 Å². The highest BCUT2D eigenvalue weighted by atomic mass is 16.5. The van der Waals surface area contributed by atoms with Crippen molar-refractivity contribution in [3.63, 3.8) is 0 Å². The number of anilines is 2. The first-order valence-corrected chi connectivity index (χ1v) is 14.3. The van der Waals surface area contributed by atoms with Gasteiger partial charge in [-0.05, 0) is 85.7 Å². The number of amides is 2. The van der Waals surface area contributed by atoms with Crippen LogP contribution in [0.2, 0.25) is 0 Å². The molecule has 6 heteroatoms. The van der Waals surface area contributed by atoms with Crippen molar-refractivity contribution in [2.45, 2.75) is 20.4 Å². The molecule has 3 heterocycles. The van der Waals surface area contributed by atoms with Crippen LogP contribution >= 0.6 is 0 Å². The van der Waals surface area contributed by atoms with Gasteiger partial charge < -0.3 is 9.30 Å². The molecule has 0 atom stereocenters. The number of aryl methyl sites for hydroxylation is 1. The van der Waals surface area contributed by atoms with E-state index in [0.717, 1.165) is 12.1 Å². The fourth-order valence-corrected chi connectivity index (χ4v) is 5.91. The Kier molecular flexibility index (Phi) is 6.51. The second-order valence-corrected chi connectivity index (χ2v) is 10.5. The Labute approximate surface area is 249 Å². The molecule has 6 nitrogen and oxygen atoms in total. The van der Waals surface area contributed by atoms with Crippen molar-refractivity contribution in [3.05, 3.63) is 150 Å². The van der Waals surface area contributed by atoms with Crippen LogP contribution in [0.1, 0.15) is 19.4 Å². The average Bonchev–Trinajstić information content (AvgIpc) is 3.50. The zero-order valence-corrected chi connectivity index (χ0v) is 23.9. The van der Waals surface area contributed by atoms with Crippen LogP contribution in [-0.2, 0) is 20.9 Å². The number of rotatable bonds is 5. The molecule has 2 amide bonds. The molecule has 1 aromatic heterocycles. The van der Waals surface area contributed by atoms with Crippen molar-refractivity contribution in [1.82, 2.24) is 4.57 Å². The Morgan fingerprint density at radius 3 is 1.93 bits per heavy atom. The van der Waals surface area contributed by atoms with E-state index in [4.69, 9.17) is 4.74 Å². The van der Waals surface area contributed by atoms with E-state index in [1.54, 1.807) is 12.2 Å².